The average molecular weight is 562 g/mol. The van der Waals surface area contributed by atoms with Crippen LogP contribution in [0.25, 0.3) is 0 Å². The smallest absolute Gasteiger partial charge is 0.220 e. The van der Waals surface area contributed by atoms with Gasteiger partial charge in [-0.2, -0.15) is 0 Å². The van der Waals surface area contributed by atoms with Crippen molar-refractivity contribution in [2.75, 3.05) is 13.2 Å². The summed E-state index contributed by atoms with van der Waals surface area (Å²) in [5, 5.41) is 53.5. The fourth-order valence-electron chi connectivity index (χ4n) is 5.04. The maximum Gasteiger partial charge on any atom is 0.220 e. The van der Waals surface area contributed by atoms with Gasteiger partial charge in [0.05, 0.1) is 25.4 Å². The molecule has 1 aliphatic rings. The lowest BCUT2D eigenvalue weighted by Gasteiger charge is -2.40. The van der Waals surface area contributed by atoms with E-state index in [2.05, 4.69) is 19.2 Å². The molecule has 1 rings (SSSR count). The third-order valence-electron chi connectivity index (χ3n) is 7.71. The summed E-state index contributed by atoms with van der Waals surface area (Å²) in [7, 11) is 0. The van der Waals surface area contributed by atoms with Gasteiger partial charge >= 0.3 is 0 Å². The molecule has 7 unspecified atom stereocenters. The zero-order valence-electron chi connectivity index (χ0n) is 24.6. The summed E-state index contributed by atoms with van der Waals surface area (Å²) in [4.78, 5) is 12.6. The Morgan fingerprint density at radius 2 is 1.28 bits per heavy atom. The Morgan fingerprint density at radius 3 is 1.82 bits per heavy atom. The molecule has 9 nitrogen and oxygen atoms in total. The summed E-state index contributed by atoms with van der Waals surface area (Å²) < 4.78 is 11.1. The molecule has 1 amide bonds. The third-order valence-corrected chi connectivity index (χ3v) is 7.71. The highest BCUT2D eigenvalue weighted by atomic mass is 16.7. The lowest BCUT2D eigenvalue weighted by Crippen LogP contribution is -2.60. The van der Waals surface area contributed by atoms with Gasteiger partial charge in [0.1, 0.15) is 24.4 Å². The minimum absolute atomic E-state index is 0.135. The van der Waals surface area contributed by atoms with Gasteiger partial charge in [0.25, 0.3) is 0 Å². The summed E-state index contributed by atoms with van der Waals surface area (Å²) in [5.74, 6) is -0.160. The summed E-state index contributed by atoms with van der Waals surface area (Å²) in [6, 6.07) is -0.705. The first-order valence-electron chi connectivity index (χ1n) is 15.7. The molecule has 0 aliphatic carbocycles. The highest BCUT2D eigenvalue weighted by molar-refractivity contribution is 5.76. The number of carbonyl (C=O) groups is 1. The Hall–Kier alpha value is -0.810. The van der Waals surface area contributed by atoms with Crippen molar-refractivity contribution in [1.29, 1.82) is 0 Å². The summed E-state index contributed by atoms with van der Waals surface area (Å²) in [5.41, 5.74) is 0. The summed E-state index contributed by atoms with van der Waals surface area (Å²) in [6.07, 6.45) is 11.5. The largest absolute Gasteiger partial charge is 0.394 e. The monoisotopic (exact) mass is 561 g/mol. The van der Waals surface area contributed by atoms with Gasteiger partial charge in [0.15, 0.2) is 6.29 Å². The molecule has 1 fully saturated rings. The molecule has 6 N–H and O–H groups in total. The van der Waals surface area contributed by atoms with Gasteiger partial charge in [-0.25, -0.2) is 0 Å². The molecule has 39 heavy (non-hydrogen) atoms. The van der Waals surface area contributed by atoms with E-state index in [-0.39, 0.29) is 12.5 Å². The van der Waals surface area contributed by atoms with Crippen molar-refractivity contribution in [2.24, 2.45) is 0 Å². The number of nitrogens with one attached hydrogen (secondary N) is 1. The molecule has 1 aliphatic heterocycles. The van der Waals surface area contributed by atoms with Gasteiger partial charge in [0.2, 0.25) is 5.91 Å². The van der Waals surface area contributed by atoms with Crippen LogP contribution in [0.2, 0.25) is 0 Å². The third kappa shape index (κ3) is 15.7. The standard InChI is InChI=1S/C30H59NO8/c1-3-5-7-9-10-11-12-13-14-16-17-19-24(33)23(31-26(34)20-18-15-8-6-4-2)22-38-30-29(37)28(36)27(35)25(21-32)39-30/h23-25,27-30,32-33,35-37H,3-22H2,1-2H3,(H,31,34). The topological polar surface area (TPSA) is 149 Å². The number of amides is 1. The SMILES string of the molecule is CCCCCCCCCCCCCC(O)C(COC1OC(CO)C(O)C(O)C1O)NC(=O)CCCCCCC. The molecule has 0 spiro atoms. The van der Waals surface area contributed by atoms with Crippen LogP contribution in [0.1, 0.15) is 129 Å². The Morgan fingerprint density at radius 1 is 0.769 bits per heavy atom. The Balaban J connectivity index is 2.49. The highest BCUT2D eigenvalue weighted by Gasteiger charge is 2.44. The van der Waals surface area contributed by atoms with Crippen LogP contribution < -0.4 is 5.32 Å². The van der Waals surface area contributed by atoms with Gasteiger partial charge in [-0.3, -0.25) is 4.79 Å². The van der Waals surface area contributed by atoms with E-state index < -0.39 is 49.5 Å². The van der Waals surface area contributed by atoms with E-state index in [9.17, 15) is 30.3 Å². The van der Waals surface area contributed by atoms with Crippen LogP contribution in [-0.4, -0.2) is 87.5 Å². The van der Waals surface area contributed by atoms with E-state index in [1.54, 1.807) is 0 Å². The molecule has 1 saturated heterocycles. The summed E-state index contributed by atoms with van der Waals surface area (Å²) >= 11 is 0. The first kappa shape index (κ1) is 36.2. The van der Waals surface area contributed by atoms with E-state index in [0.29, 0.717) is 12.8 Å². The second kappa shape index (κ2) is 22.8. The van der Waals surface area contributed by atoms with Crippen LogP contribution in [-0.2, 0) is 14.3 Å². The van der Waals surface area contributed by atoms with Gasteiger partial charge in [0, 0.05) is 6.42 Å². The zero-order chi connectivity index (χ0) is 28.9. The average Bonchev–Trinajstić information content (AvgIpc) is 2.93. The first-order valence-corrected chi connectivity index (χ1v) is 15.7. The molecule has 9 heteroatoms. The normalized spacial score (nSPS) is 24.9. The van der Waals surface area contributed by atoms with Crippen LogP contribution in [0.4, 0.5) is 0 Å². The number of aliphatic hydroxyl groups excluding tert-OH is 5. The molecular weight excluding hydrogens is 502 g/mol. The minimum Gasteiger partial charge on any atom is -0.394 e. The molecule has 0 saturated carbocycles. The van der Waals surface area contributed by atoms with Crippen molar-refractivity contribution in [3.8, 4) is 0 Å². The van der Waals surface area contributed by atoms with Crippen LogP contribution in [0.15, 0.2) is 0 Å². The molecule has 0 bridgehead atoms. The minimum atomic E-state index is -1.54. The lowest BCUT2D eigenvalue weighted by atomic mass is 9.99. The number of hydrogen-bond donors (Lipinski definition) is 6. The molecule has 7 atom stereocenters. The van der Waals surface area contributed by atoms with Crippen molar-refractivity contribution < 1.29 is 39.8 Å². The number of rotatable bonds is 24. The first-order chi connectivity index (χ1) is 18.8. The fourth-order valence-corrected chi connectivity index (χ4v) is 5.04. The molecular formula is C30H59NO8. The summed E-state index contributed by atoms with van der Waals surface area (Å²) in [6.45, 7) is 3.69. The van der Waals surface area contributed by atoms with Crippen LogP contribution in [0, 0.1) is 0 Å². The van der Waals surface area contributed by atoms with Crippen molar-refractivity contribution >= 4 is 5.91 Å². The Kier molecular flexibility index (Phi) is 21.2. The van der Waals surface area contributed by atoms with Crippen molar-refractivity contribution in [3.05, 3.63) is 0 Å². The van der Waals surface area contributed by atoms with Crippen LogP contribution in [0.3, 0.4) is 0 Å². The van der Waals surface area contributed by atoms with Gasteiger partial charge in [-0.05, 0) is 12.8 Å². The van der Waals surface area contributed by atoms with Crippen LogP contribution >= 0.6 is 0 Å². The highest BCUT2D eigenvalue weighted by Crippen LogP contribution is 2.22. The number of aliphatic hydroxyl groups is 5. The second-order valence-electron chi connectivity index (χ2n) is 11.3. The van der Waals surface area contributed by atoms with Crippen LogP contribution in [0.5, 0.6) is 0 Å². The van der Waals surface area contributed by atoms with Gasteiger partial charge in [-0.1, -0.05) is 110 Å². The molecule has 0 aromatic carbocycles. The van der Waals surface area contributed by atoms with Gasteiger partial charge < -0.3 is 40.3 Å². The van der Waals surface area contributed by atoms with Crippen molar-refractivity contribution in [1.82, 2.24) is 5.32 Å². The molecule has 0 radical (unpaired) electrons. The van der Waals surface area contributed by atoms with E-state index in [1.165, 1.54) is 51.4 Å². The lowest BCUT2D eigenvalue weighted by molar-refractivity contribution is -0.302. The fraction of sp³-hybridized carbons (Fsp3) is 0.967. The van der Waals surface area contributed by atoms with Crippen molar-refractivity contribution in [2.45, 2.75) is 172 Å². The predicted molar refractivity (Wildman–Crippen MR) is 152 cm³/mol. The second-order valence-corrected chi connectivity index (χ2v) is 11.3. The van der Waals surface area contributed by atoms with E-state index >= 15 is 0 Å². The Labute approximate surface area is 236 Å². The number of hydrogen-bond acceptors (Lipinski definition) is 8. The molecule has 0 aromatic heterocycles. The number of carbonyl (C=O) groups excluding carboxylic acids is 1. The Bertz CT molecular complexity index is 593. The van der Waals surface area contributed by atoms with E-state index in [4.69, 9.17) is 9.47 Å². The molecule has 1 heterocycles. The van der Waals surface area contributed by atoms with Crippen molar-refractivity contribution in [3.63, 3.8) is 0 Å². The number of ether oxygens (including phenoxy) is 2. The van der Waals surface area contributed by atoms with E-state index in [0.717, 1.165) is 51.4 Å². The number of unbranched alkanes of at least 4 members (excludes halogenated alkanes) is 14. The predicted octanol–water partition coefficient (Wildman–Crippen LogP) is 3.71. The maximum absolute atomic E-state index is 12.6. The quantitative estimate of drug-likeness (QED) is 0.0977. The van der Waals surface area contributed by atoms with Gasteiger partial charge in [-0.15, -0.1) is 0 Å². The van der Waals surface area contributed by atoms with E-state index in [1.807, 2.05) is 0 Å². The zero-order valence-corrected chi connectivity index (χ0v) is 24.6. The maximum atomic E-state index is 12.6. The molecule has 0 aromatic rings. The molecule has 232 valence electrons.